The van der Waals surface area contributed by atoms with Crippen LogP contribution in [0.2, 0.25) is 0 Å². The van der Waals surface area contributed by atoms with Gasteiger partial charge in [0, 0.05) is 12.1 Å². The van der Waals surface area contributed by atoms with Crippen LogP contribution in [0.25, 0.3) is 0 Å². The predicted octanol–water partition coefficient (Wildman–Crippen LogP) is 3.67. The van der Waals surface area contributed by atoms with Crippen molar-refractivity contribution in [1.82, 2.24) is 4.90 Å². The summed E-state index contributed by atoms with van der Waals surface area (Å²) in [5.74, 6) is 2.46. The molecule has 2 fully saturated rings. The number of phenolic OH excluding ortho intramolecular Hbond substituents is 1. The van der Waals surface area contributed by atoms with E-state index in [1.165, 1.54) is 30.4 Å². The maximum absolute atomic E-state index is 10.5. The van der Waals surface area contributed by atoms with Crippen LogP contribution < -0.4 is 0 Å². The molecule has 2 N–H and O–H groups in total. The number of benzene rings is 1. The van der Waals surface area contributed by atoms with E-state index in [-0.39, 0.29) is 11.5 Å². The third kappa shape index (κ3) is 2.40. The monoisotopic (exact) mass is 329 g/mol. The van der Waals surface area contributed by atoms with Crippen molar-refractivity contribution in [1.29, 1.82) is 0 Å². The number of nitrogens with zero attached hydrogens (tertiary/aromatic N) is 1. The van der Waals surface area contributed by atoms with Gasteiger partial charge in [0.15, 0.2) is 0 Å². The molecular weight excluding hydrogens is 298 g/mol. The van der Waals surface area contributed by atoms with Crippen LogP contribution >= 0.6 is 0 Å². The number of aromatic hydroxyl groups is 1. The Labute approximate surface area is 145 Å². The Bertz CT molecular complexity index is 641. The summed E-state index contributed by atoms with van der Waals surface area (Å²) in [4.78, 5) is 2.12. The van der Waals surface area contributed by atoms with Crippen LogP contribution in [-0.4, -0.2) is 35.3 Å². The number of rotatable bonds is 2. The van der Waals surface area contributed by atoms with E-state index < -0.39 is 0 Å². The summed E-state index contributed by atoms with van der Waals surface area (Å²) in [6.07, 6.45) is 6.70. The first-order valence-corrected chi connectivity index (χ1v) is 9.57. The van der Waals surface area contributed by atoms with Crippen molar-refractivity contribution >= 4 is 0 Å². The molecule has 0 bridgehead atoms. The molecule has 3 nitrogen and oxygen atoms in total. The average molecular weight is 329 g/mol. The van der Waals surface area contributed by atoms with Gasteiger partial charge in [0.1, 0.15) is 5.75 Å². The Kier molecular flexibility index (Phi) is 3.92. The topological polar surface area (TPSA) is 43.7 Å². The van der Waals surface area contributed by atoms with Gasteiger partial charge in [-0.3, -0.25) is 0 Å². The van der Waals surface area contributed by atoms with Gasteiger partial charge in [-0.1, -0.05) is 13.0 Å². The van der Waals surface area contributed by atoms with E-state index in [9.17, 15) is 10.2 Å². The zero-order chi connectivity index (χ0) is 17.1. The van der Waals surface area contributed by atoms with Gasteiger partial charge in [0.05, 0.1) is 6.10 Å². The minimum Gasteiger partial charge on any atom is -0.508 e. The second-order valence-corrected chi connectivity index (χ2v) is 8.97. The molecular formula is C21H31NO2. The van der Waals surface area contributed by atoms with Crippen molar-refractivity contribution in [2.45, 2.75) is 64.0 Å². The van der Waals surface area contributed by atoms with Gasteiger partial charge in [-0.05, 0) is 93.0 Å². The number of hydrogen-bond donors (Lipinski definition) is 2. The molecule has 3 aliphatic carbocycles. The van der Waals surface area contributed by atoms with Crippen LogP contribution in [0.3, 0.4) is 0 Å². The first-order valence-electron chi connectivity index (χ1n) is 9.57. The summed E-state index contributed by atoms with van der Waals surface area (Å²) in [6, 6.07) is 4.32. The molecule has 3 aliphatic rings. The largest absolute Gasteiger partial charge is 0.508 e. The Morgan fingerprint density at radius 2 is 1.96 bits per heavy atom. The van der Waals surface area contributed by atoms with E-state index in [0.717, 1.165) is 31.4 Å². The Balaban J connectivity index is 1.69. The van der Waals surface area contributed by atoms with Crippen molar-refractivity contribution in [2.75, 3.05) is 14.1 Å². The highest BCUT2D eigenvalue weighted by molar-refractivity contribution is 5.45. The van der Waals surface area contributed by atoms with Crippen LogP contribution in [0.4, 0.5) is 0 Å². The predicted molar refractivity (Wildman–Crippen MR) is 96.1 cm³/mol. The van der Waals surface area contributed by atoms with Crippen LogP contribution in [0.15, 0.2) is 12.1 Å². The normalized spacial score (nSPS) is 37.9. The number of aliphatic hydroxyl groups is 1. The van der Waals surface area contributed by atoms with Crippen LogP contribution in [-0.2, 0) is 13.0 Å². The fourth-order valence-corrected chi connectivity index (χ4v) is 6.10. The minimum absolute atomic E-state index is 0.103. The highest BCUT2D eigenvalue weighted by atomic mass is 16.3. The molecule has 5 atom stereocenters. The lowest BCUT2D eigenvalue weighted by Crippen LogP contribution is -2.43. The third-order valence-electron chi connectivity index (χ3n) is 7.36. The Hall–Kier alpha value is -1.06. The van der Waals surface area contributed by atoms with Gasteiger partial charge in [0.25, 0.3) is 0 Å². The minimum atomic E-state index is -0.103. The lowest BCUT2D eigenvalue weighted by Gasteiger charge is -2.50. The molecule has 1 aromatic rings. The van der Waals surface area contributed by atoms with Gasteiger partial charge in [0.2, 0.25) is 0 Å². The summed E-state index contributed by atoms with van der Waals surface area (Å²) in [5, 5.41) is 20.9. The quantitative estimate of drug-likeness (QED) is 0.870. The smallest absolute Gasteiger partial charge is 0.120 e. The van der Waals surface area contributed by atoms with Crippen LogP contribution in [0.5, 0.6) is 5.75 Å². The highest BCUT2D eigenvalue weighted by Crippen LogP contribution is 2.61. The summed E-state index contributed by atoms with van der Waals surface area (Å²) < 4.78 is 0. The van der Waals surface area contributed by atoms with E-state index in [2.05, 4.69) is 17.9 Å². The van der Waals surface area contributed by atoms with Crippen molar-refractivity contribution in [2.24, 2.45) is 17.3 Å². The molecule has 24 heavy (non-hydrogen) atoms. The van der Waals surface area contributed by atoms with Crippen molar-refractivity contribution in [3.63, 3.8) is 0 Å². The van der Waals surface area contributed by atoms with E-state index in [1.54, 1.807) is 0 Å². The number of aryl methyl sites for hydroxylation is 1. The SMILES string of the molecule is CN(C)Cc1cc2c(cc1O)CC[C@@H]1[C@@H]2CC[C@]2(C)[C@@H](O)CC[C@@H]12. The van der Waals surface area contributed by atoms with Crippen LogP contribution in [0, 0.1) is 17.3 Å². The van der Waals surface area contributed by atoms with Gasteiger partial charge in [-0.2, -0.15) is 0 Å². The number of hydrogen-bond acceptors (Lipinski definition) is 3. The van der Waals surface area contributed by atoms with Gasteiger partial charge in [-0.25, -0.2) is 0 Å². The number of fused-ring (bicyclic) bond motifs is 5. The molecule has 0 unspecified atom stereocenters. The first-order chi connectivity index (χ1) is 11.4. The average Bonchev–Trinajstić information content (AvgIpc) is 2.83. The molecule has 0 spiro atoms. The van der Waals surface area contributed by atoms with Gasteiger partial charge >= 0.3 is 0 Å². The Morgan fingerprint density at radius 3 is 2.71 bits per heavy atom. The molecule has 0 radical (unpaired) electrons. The van der Waals surface area contributed by atoms with E-state index >= 15 is 0 Å². The standard InChI is InChI=1S/C21H31NO2/c1-21-9-8-15-16(18(21)6-7-20(21)24)5-4-13-11-19(23)14(10-17(13)15)12-22(2)3/h10-11,15-16,18,20,23-24H,4-9,12H2,1-3H3/t15-,16+,18-,20-,21-/m0/s1. The molecule has 4 rings (SSSR count). The molecule has 0 amide bonds. The lowest BCUT2D eigenvalue weighted by atomic mass is 9.55. The number of phenols is 1. The molecule has 0 aromatic heterocycles. The maximum Gasteiger partial charge on any atom is 0.120 e. The van der Waals surface area contributed by atoms with Crippen molar-refractivity contribution in [3.8, 4) is 5.75 Å². The summed E-state index contributed by atoms with van der Waals surface area (Å²) in [6.45, 7) is 3.12. The fourth-order valence-electron chi connectivity index (χ4n) is 6.10. The molecule has 1 aromatic carbocycles. The highest BCUT2D eigenvalue weighted by Gasteiger charge is 2.54. The lowest BCUT2D eigenvalue weighted by molar-refractivity contribution is -0.0226. The molecule has 0 saturated heterocycles. The second-order valence-electron chi connectivity index (χ2n) is 8.97. The zero-order valence-corrected chi connectivity index (χ0v) is 15.3. The van der Waals surface area contributed by atoms with Crippen molar-refractivity contribution < 1.29 is 10.2 Å². The van der Waals surface area contributed by atoms with E-state index in [0.29, 0.717) is 23.5 Å². The summed E-state index contributed by atoms with van der Waals surface area (Å²) in [7, 11) is 4.10. The number of aliphatic hydroxyl groups excluding tert-OH is 1. The second kappa shape index (κ2) is 5.74. The first kappa shape index (κ1) is 16.4. The van der Waals surface area contributed by atoms with Gasteiger partial charge in [-0.15, -0.1) is 0 Å². The fraction of sp³-hybridized carbons (Fsp3) is 0.714. The molecule has 132 valence electrons. The van der Waals surface area contributed by atoms with E-state index in [4.69, 9.17) is 0 Å². The maximum atomic E-state index is 10.5. The van der Waals surface area contributed by atoms with E-state index in [1.807, 2.05) is 20.2 Å². The molecule has 3 heteroatoms. The van der Waals surface area contributed by atoms with Crippen molar-refractivity contribution in [3.05, 3.63) is 28.8 Å². The third-order valence-corrected chi connectivity index (χ3v) is 7.36. The molecule has 0 heterocycles. The van der Waals surface area contributed by atoms with Crippen LogP contribution in [0.1, 0.15) is 61.6 Å². The Morgan fingerprint density at radius 1 is 1.17 bits per heavy atom. The van der Waals surface area contributed by atoms with Gasteiger partial charge < -0.3 is 15.1 Å². The summed E-state index contributed by atoms with van der Waals surface area (Å²) >= 11 is 0. The zero-order valence-electron chi connectivity index (χ0n) is 15.3. The molecule has 0 aliphatic heterocycles. The summed E-state index contributed by atoms with van der Waals surface area (Å²) in [5.41, 5.74) is 4.05. The molecule has 2 saturated carbocycles.